The van der Waals surface area contributed by atoms with Gasteiger partial charge in [0.05, 0.1) is 13.2 Å². The Morgan fingerprint density at radius 2 is 1.87 bits per heavy atom. The fourth-order valence-corrected chi connectivity index (χ4v) is 1.54. The molecule has 15 heavy (non-hydrogen) atoms. The van der Waals surface area contributed by atoms with Crippen LogP contribution in [0.2, 0.25) is 0 Å². The summed E-state index contributed by atoms with van der Waals surface area (Å²) < 4.78 is 4.45. The standard InChI is InChI=1S/C9H14N2O4/c1-5(8(10)9(14)15-2)11-6(12)3-4-7(11)13/h5,8H,3-4,10H2,1-2H3. The fourth-order valence-electron chi connectivity index (χ4n) is 1.54. The van der Waals surface area contributed by atoms with E-state index in [1.54, 1.807) is 6.92 Å². The normalized spacial score (nSPS) is 20.3. The average molecular weight is 214 g/mol. The zero-order chi connectivity index (χ0) is 11.6. The molecule has 0 aromatic heterocycles. The number of esters is 1. The number of methoxy groups -OCH3 is 1. The Morgan fingerprint density at radius 1 is 1.40 bits per heavy atom. The first kappa shape index (κ1) is 11.6. The predicted molar refractivity (Wildman–Crippen MR) is 50.5 cm³/mol. The number of likely N-dealkylation sites (tertiary alicyclic amines) is 1. The van der Waals surface area contributed by atoms with Gasteiger partial charge in [0.15, 0.2) is 0 Å². The lowest BCUT2D eigenvalue weighted by Gasteiger charge is -2.26. The number of imide groups is 1. The van der Waals surface area contributed by atoms with Crippen LogP contribution in [0.15, 0.2) is 0 Å². The molecule has 0 aromatic carbocycles. The second-order valence-electron chi connectivity index (χ2n) is 3.45. The van der Waals surface area contributed by atoms with Crippen LogP contribution < -0.4 is 5.73 Å². The van der Waals surface area contributed by atoms with Crippen molar-refractivity contribution >= 4 is 17.8 Å². The first-order valence-electron chi connectivity index (χ1n) is 4.67. The van der Waals surface area contributed by atoms with E-state index in [2.05, 4.69) is 4.74 Å². The lowest BCUT2D eigenvalue weighted by Crippen LogP contribution is -2.52. The van der Waals surface area contributed by atoms with E-state index in [0.29, 0.717) is 0 Å². The smallest absolute Gasteiger partial charge is 0.324 e. The van der Waals surface area contributed by atoms with Gasteiger partial charge in [-0.15, -0.1) is 0 Å². The molecule has 1 saturated heterocycles. The second kappa shape index (κ2) is 4.39. The quantitative estimate of drug-likeness (QED) is 0.482. The summed E-state index contributed by atoms with van der Waals surface area (Å²) in [6, 6.07) is -1.64. The largest absolute Gasteiger partial charge is 0.468 e. The summed E-state index contributed by atoms with van der Waals surface area (Å²) in [6.45, 7) is 1.56. The number of carbonyl (C=O) groups is 3. The van der Waals surface area contributed by atoms with Crippen molar-refractivity contribution in [2.24, 2.45) is 5.73 Å². The van der Waals surface area contributed by atoms with Crippen LogP contribution in [-0.2, 0) is 19.1 Å². The molecule has 0 bridgehead atoms. The van der Waals surface area contributed by atoms with Crippen molar-refractivity contribution in [3.05, 3.63) is 0 Å². The molecular weight excluding hydrogens is 200 g/mol. The minimum Gasteiger partial charge on any atom is -0.468 e. The molecule has 0 radical (unpaired) electrons. The summed E-state index contributed by atoms with van der Waals surface area (Å²) in [5.41, 5.74) is 5.55. The number of ether oxygens (including phenoxy) is 1. The minimum absolute atomic E-state index is 0.192. The van der Waals surface area contributed by atoms with Gasteiger partial charge in [-0.25, -0.2) is 0 Å². The number of hydrogen-bond donors (Lipinski definition) is 1. The molecule has 84 valence electrons. The molecule has 2 atom stereocenters. The Hall–Kier alpha value is -1.43. The van der Waals surface area contributed by atoms with Gasteiger partial charge in [0, 0.05) is 12.8 Å². The molecule has 1 aliphatic heterocycles. The third-order valence-electron chi connectivity index (χ3n) is 2.49. The molecule has 2 unspecified atom stereocenters. The van der Waals surface area contributed by atoms with E-state index in [1.165, 1.54) is 7.11 Å². The van der Waals surface area contributed by atoms with E-state index in [1.807, 2.05) is 0 Å². The van der Waals surface area contributed by atoms with Gasteiger partial charge in [0.25, 0.3) is 0 Å². The van der Waals surface area contributed by atoms with Gasteiger partial charge in [-0.05, 0) is 6.92 Å². The highest BCUT2D eigenvalue weighted by Crippen LogP contribution is 2.16. The van der Waals surface area contributed by atoms with Crippen molar-refractivity contribution < 1.29 is 19.1 Å². The van der Waals surface area contributed by atoms with E-state index in [9.17, 15) is 14.4 Å². The van der Waals surface area contributed by atoms with Crippen molar-refractivity contribution in [3.63, 3.8) is 0 Å². The maximum Gasteiger partial charge on any atom is 0.324 e. The van der Waals surface area contributed by atoms with E-state index in [-0.39, 0.29) is 24.7 Å². The summed E-state index contributed by atoms with van der Waals surface area (Å²) in [7, 11) is 1.21. The van der Waals surface area contributed by atoms with Gasteiger partial charge in [-0.1, -0.05) is 0 Å². The highest BCUT2D eigenvalue weighted by molar-refractivity contribution is 6.02. The maximum absolute atomic E-state index is 11.3. The number of carbonyl (C=O) groups excluding carboxylic acids is 3. The molecule has 0 saturated carbocycles. The van der Waals surface area contributed by atoms with Gasteiger partial charge in [0.2, 0.25) is 11.8 Å². The van der Waals surface area contributed by atoms with E-state index in [4.69, 9.17) is 5.73 Å². The van der Waals surface area contributed by atoms with Crippen molar-refractivity contribution in [2.45, 2.75) is 31.8 Å². The molecule has 6 heteroatoms. The van der Waals surface area contributed by atoms with Crippen LogP contribution >= 0.6 is 0 Å². The maximum atomic E-state index is 11.3. The molecule has 2 amide bonds. The number of nitrogens with two attached hydrogens (primary N) is 1. The Labute approximate surface area is 87.4 Å². The summed E-state index contributed by atoms with van der Waals surface area (Å²) in [5.74, 6) is -1.20. The molecule has 1 fully saturated rings. The molecule has 1 aliphatic rings. The third kappa shape index (κ3) is 2.15. The molecule has 1 heterocycles. The summed E-state index contributed by atoms with van der Waals surface area (Å²) in [4.78, 5) is 34.8. The molecule has 2 N–H and O–H groups in total. The monoisotopic (exact) mass is 214 g/mol. The van der Waals surface area contributed by atoms with Crippen molar-refractivity contribution in [2.75, 3.05) is 7.11 Å². The summed E-state index contributed by atoms with van der Waals surface area (Å²) in [5, 5.41) is 0. The first-order chi connectivity index (χ1) is 6.99. The Balaban J connectivity index is 2.75. The van der Waals surface area contributed by atoms with Gasteiger partial charge in [0.1, 0.15) is 6.04 Å². The second-order valence-corrected chi connectivity index (χ2v) is 3.45. The Kier molecular flexibility index (Phi) is 3.41. The number of rotatable bonds is 3. The van der Waals surface area contributed by atoms with Crippen LogP contribution in [0.5, 0.6) is 0 Å². The van der Waals surface area contributed by atoms with Crippen LogP contribution in [0, 0.1) is 0 Å². The van der Waals surface area contributed by atoms with Crippen LogP contribution in [0.1, 0.15) is 19.8 Å². The molecule has 0 aliphatic carbocycles. The number of amides is 2. The Bertz CT molecular complexity index is 286. The topological polar surface area (TPSA) is 89.7 Å². The fraction of sp³-hybridized carbons (Fsp3) is 0.667. The minimum atomic E-state index is -0.985. The third-order valence-corrected chi connectivity index (χ3v) is 2.49. The van der Waals surface area contributed by atoms with E-state index < -0.39 is 18.1 Å². The van der Waals surface area contributed by atoms with Crippen LogP contribution in [0.25, 0.3) is 0 Å². The van der Waals surface area contributed by atoms with Gasteiger partial charge >= 0.3 is 5.97 Å². The Morgan fingerprint density at radius 3 is 2.27 bits per heavy atom. The van der Waals surface area contributed by atoms with Gasteiger partial charge in [-0.2, -0.15) is 0 Å². The van der Waals surface area contributed by atoms with Gasteiger partial charge in [-0.3, -0.25) is 19.3 Å². The predicted octanol–water partition coefficient (Wildman–Crippen LogP) is -0.976. The molecule has 0 aromatic rings. The van der Waals surface area contributed by atoms with Crippen molar-refractivity contribution in [3.8, 4) is 0 Å². The van der Waals surface area contributed by atoms with Gasteiger partial charge < -0.3 is 10.5 Å². The van der Waals surface area contributed by atoms with E-state index >= 15 is 0 Å². The average Bonchev–Trinajstić information content (AvgIpc) is 2.55. The zero-order valence-electron chi connectivity index (χ0n) is 8.73. The molecule has 6 nitrogen and oxygen atoms in total. The van der Waals surface area contributed by atoms with Crippen LogP contribution in [0.4, 0.5) is 0 Å². The number of hydrogen-bond acceptors (Lipinski definition) is 5. The van der Waals surface area contributed by atoms with E-state index in [0.717, 1.165) is 4.90 Å². The molecule has 0 spiro atoms. The molecular formula is C9H14N2O4. The lowest BCUT2D eigenvalue weighted by molar-refractivity contribution is -0.147. The van der Waals surface area contributed by atoms with Crippen molar-refractivity contribution in [1.82, 2.24) is 4.90 Å². The SMILES string of the molecule is COC(=O)C(N)C(C)N1C(=O)CCC1=O. The van der Waals surface area contributed by atoms with Crippen LogP contribution in [-0.4, -0.2) is 41.9 Å². The highest BCUT2D eigenvalue weighted by atomic mass is 16.5. The summed E-state index contributed by atoms with van der Waals surface area (Å²) >= 11 is 0. The lowest BCUT2D eigenvalue weighted by atomic mass is 10.1. The first-order valence-corrected chi connectivity index (χ1v) is 4.67. The van der Waals surface area contributed by atoms with Crippen molar-refractivity contribution in [1.29, 1.82) is 0 Å². The zero-order valence-corrected chi connectivity index (χ0v) is 8.73. The van der Waals surface area contributed by atoms with Crippen LogP contribution in [0.3, 0.4) is 0 Å². The highest BCUT2D eigenvalue weighted by Gasteiger charge is 2.37. The molecule has 1 rings (SSSR count). The summed E-state index contributed by atoms with van der Waals surface area (Å²) in [6.07, 6.45) is 0.383. The number of nitrogens with zero attached hydrogens (tertiary/aromatic N) is 1.